The second-order valence-corrected chi connectivity index (χ2v) is 15.0. The molecule has 1 rings (SSSR count). The molecule has 1 aromatic carbocycles. The average molecular weight is 701 g/mol. The summed E-state index contributed by atoms with van der Waals surface area (Å²) in [5, 5.41) is 11.3. The smallest absolute Gasteiger partial charge is 0.408 e. The van der Waals surface area contributed by atoms with E-state index < -0.39 is 36.0 Å². The van der Waals surface area contributed by atoms with Crippen LogP contribution >= 0.6 is 0 Å². The summed E-state index contributed by atoms with van der Waals surface area (Å²) < 4.78 is 5.31. The van der Waals surface area contributed by atoms with Crippen LogP contribution in [0, 0.1) is 17.8 Å². The van der Waals surface area contributed by atoms with Gasteiger partial charge in [0.05, 0.1) is 0 Å². The van der Waals surface area contributed by atoms with Crippen LogP contribution in [0.5, 0.6) is 0 Å². The Morgan fingerprint density at radius 2 is 0.900 bits per heavy atom. The first kappa shape index (κ1) is 44.9. The van der Waals surface area contributed by atoms with Crippen molar-refractivity contribution in [2.45, 2.75) is 176 Å². The van der Waals surface area contributed by atoms with Crippen molar-refractivity contribution in [3.05, 3.63) is 35.9 Å². The van der Waals surface area contributed by atoms with Crippen LogP contribution in [0.3, 0.4) is 0 Å². The van der Waals surface area contributed by atoms with Crippen LogP contribution in [0.4, 0.5) is 4.79 Å². The molecule has 0 fully saturated rings. The standard InChI is InChI=1S/C41H72N4O5/c1-8-9-10-11-12-13-14-15-16-17-18-19-20-21-22-26-29-42-38(46)35(31(2)3)43-39(47)36(32(4)5)44-40(48)37(33(6)7)45-41(49)50-30-34-27-24-23-25-28-34/h23-25,27-28,31-33,35-37H,8-22,26,29-30H2,1-7H3,(H,42,46)(H,43,47)(H,44,48)(H,45,49). The summed E-state index contributed by atoms with van der Waals surface area (Å²) in [6.07, 6.45) is 20.1. The van der Waals surface area contributed by atoms with Crippen molar-refractivity contribution in [2.75, 3.05) is 6.54 Å². The Bertz CT molecular complexity index is 1060. The van der Waals surface area contributed by atoms with Crippen molar-refractivity contribution in [1.29, 1.82) is 0 Å². The van der Waals surface area contributed by atoms with Gasteiger partial charge in [-0.15, -0.1) is 0 Å². The summed E-state index contributed by atoms with van der Waals surface area (Å²) in [5.41, 5.74) is 0.832. The summed E-state index contributed by atoms with van der Waals surface area (Å²) in [6.45, 7) is 14.0. The number of ether oxygens (including phenoxy) is 1. The van der Waals surface area contributed by atoms with Gasteiger partial charge < -0.3 is 26.0 Å². The van der Waals surface area contributed by atoms with Gasteiger partial charge in [0.25, 0.3) is 0 Å². The van der Waals surface area contributed by atoms with Gasteiger partial charge in [0.2, 0.25) is 17.7 Å². The van der Waals surface area contributed by atoms with Crippen molar-refractivity contribution >= 4 is 23.8 Å². The zero-order valence-corrected chi connectivity index (χ0v) is 32.6. The fourth-order valence-corrected chi connectivity index (χ4v) is 5.98. The molecule has 286 valence electrons. The molecule has 4 amide bonds. The number of unbranched alkanes of at least 4 members (excludes halogenated alkanes) is 15. The van der Waals surface area contributed by atoms with Crippen LogP contribution in [-0.4, -0.2) is 48.5 Å². The lowest BCUT2D eigenvalue weighted by Crippen LogP contribution is -2.59. The Labute approximate surface area is 304 Å². The highest BCUT2D eigenvalue weighted by atomic mass is 16.5. The first-order valence-corrected chi connectivity index (χ1v) is 19.8. The maximum absolute atomic E-state index is 13.4. The van der Waals surface area contributed by atoms with Crippen LogP contribution < -0.4 is 21.3 Å². The van der Waals surface area contributed by atoms with Crippen LogP contribution in [-0.2, 0) is 25.7 Å². The summed E-state index contributed by atoms with van der Waals surface area (Å²) in [7, 11) is 0. The molecule has 0 saturated carbocycles. The summed E-state index contributed by atoms with van der Waals surface area (Å²) in [6, 6.07) is 6.75. The molecule has 9 nitrogen and oxygen atoms in total. The fraction of sp³-hybridized carbons (Fsp3) is 0.756. The Morgan fingerprint density at radius 3 is 1.32 bits per heavy atom. The van der Waals surface area contributed by atoms with E-state index in [1.165, 1.54) is 89.9 Å². The van der Waals surface area contributed by atoms with E-state index in [-0.39, 0.29) is 30.3 Å². The molecule has 4 N–H and O–H groups in total. The van der Waals surface area contributed by atoms with Crippen LogP contribution in [0.25, 0.3) is 0 Å². The summed E-state index contributed by atoms with van der Waals surface area (Å²) in [5.74, 6) is -1.78. The van der Waals surface area contributed by atoms with Gasteiger partial charge in [-0.1, -0.05) is 175 Å². The lowest BCUT2D eigenvalue weighted by atomic mass is 9.98. The Kier molecular flexibility index (Phi) is 24.8. The maximum Gasteiger partial charge on any atom is 0.408 e. The van der Waals surface area contributed by atoms with Gasteiger partial charge in [0, 0.05) is 6.54 Å². The highest BCUT2D eigenvalue weighted by Gasteiger charge is 2.33. The third-order valence-electron chi connectivity index (χ3n) is 9.26. The molecule has 50 heavy (non-hydrogen) atoms. The highest BCUT2D eigenvalue weighted by molar-refractivity contribution is 5.94. The van der Waals surface area contributed by atoms with Gasteiger partial charge in [0.15, 0.2) is 0 Å². The van der Waals surface area contributed by atoms with E-state index in [1.807, 2.05) is 71.9 Å². The van der Waals surface area contributed by atoms with E-state index in [4.69, 9.17) is 4.74 Å². The zero-order valence-electron chi connectivity index (χ0n) is 32.6. The number of nitrogens with one attached hydrogen (secondary N) is 4. The predicted molar refractivity (Wildman–Crippen MR) is 204 cm³/mol. The molecule has 0 aliphatic rings. The van der Waals surface area contributed by atoms with Crippen molar-refractivity contribution < 1.29 is 23.9 Å². The Hall–Kier alpha value is -3.10. The third kappa shape index (κ3) is 20.5. The number of alkyl carbamates (subject to hydrolysis) is 1. The Balaban J connectivity index is 2.40. The minimum Gasteiger partial charge on any atom is -0.445 e. The molecule has 0 spiro atoms. The maximum atomic E-state index is 13.4. The molecule has 1 aromatic rings. The first-order chi connectivity index (χ1) is 24.0. The van der Waals surface area contributed by atoms with Gasteiger partial charge in [0.1, 0.15) is 24.7 Å². The second kappa shape index (κ2) is 27.6. The second-order valence-electron chi connectivity index (χ2n) is 15.0. The average Bonchev–Trinajstić information content (AvgIpc) is 3.08. The lowest BCUT2D eigenvalue weighted by Gasteiger charge is -2.29. The fourth-order valence-electron chi connectivity index (χ4n) is 5.98. The van der Waals surface area contributed by atoms with Gasteiger partial charge in [-0.3, -0.25) is 14.4 Å². The molecule has 9 heteroatoms. The first-order valence-electron chi connectivity index (χ1n) is 19.8. The largest absolute Gasteiger partial charge is 0.445 e. The molecule has 0 aromatic heterocycles. The number of hydrogen-bond donors (Lipinski definition) is 4. The topological polar surface area (TPSA) is 126 Å². The molecular weight excluding hydrogens is 628 g/mol. The number of amides is 4. The normalized spacial score (nSPS) is 13.2. The molecule has 3 unspecified atom stereocenters. The van der Waals surface area contributed by atoms with E-state index in [1.54, 1.807) is 0 Å². The highest BCUT2D eigenvalue weighted by Crippen LogP contribution is 2.14. The van der Waals surface area contributed by atoms with Crippen LogP contribution in [0.15, 0.2) is 30.3 Å². The van der Waals surface area contributed by atoms with Gasteiger partial charge in [-0.25, -0.2) is 4.79 Å². The molecule has 0 radical (unpaired) electrons. The molecular formula is C41H72N4O5. The SMILES string of the molecule is CCCCCCCCCCCCCCCCCCNC(=O)C(NC(=O)C(NC(=O)C(NC(=O)OCc1ccccc1)C(C)C)C(C)C)C(C)C. The molecule has 0 bridgehead atoms. The minimum absolute atomic E-state index is 0.0776. The predicted octanol–water partition coefficient (Wildman–Crippen LogP) is 8.60. The number of carbonyl (C=O) groups excluding carboxylic acids is 4. The van der Waals surface area contributed by atoms with Crippen molar-refractivity contribution in [2.24, 2.45) is 17.8 Å². The van der Waals surface area contributed by atoms with Crippen molar-refractivity contribution in [3.8, 4) is 0 Å². The van der Waals surface area contributed by atoms with E-state index in [0.717, 1.165) is 18.4 Å². The number of carbonyl (C=O) groups is 4. The van der Waals surface area contributed by atoms with Gasteiger partial charge in [-0.05, 0) is 29.7 Å². The van der Waals surface area contributed by atoms with E-state index in [2.05, 4.69) is 28.2 Å². The molecule has 3 atom stereocenters. The molecule has 0 heterocycles. The zero-order chi connectivity index (χ0) is 37.1. The van der Waals surface area contributed by atoms with E-state index in [0.29, 0.717) is 6.54 Å². The quantitative estimate of drug-likeness (QED) is 0.0652. The van der Waals surface area contributed by atoms with Crippen LogP contribution in [0.1, 0.15) is 157 Å². The number of hydrogen-bond acceptors (Lipinski definition) is 5. The van der Waals surface area contributed by atoms with Crippen molar-refractivity contribution in [3.63, 3.8) is 0 Å². The Morgan fingerprint density at radius 1 is 0.520 bits per heavy atom. The van der Waals surface area contributed by atoms with Crippen LogP contribution in [0.2, 0.25) is 0 Å². The van der Waals surface area contributed by atoms with E-state index in [9.17, 15) is 19.2 Å². The lowest BCUT2D eigenvalue weighted by molar-refractivity contribution is -0.134. The monoisotopic (exact) mass is 701 g/mol. The molecule has 0 saturated heterocycles. The molecule has 0 aliphatic heterocycles. The van der Waals surface area contributed by atoms with Gasteiger partial charge >= 0.3 is 6.09 Å². The third-order valence-corrected chi connectivity index (χ3v) is 9.26. The summed E-state index contributed by atoms with van der Waals surface area (Å²) in [4.78, 5) is 52.4. The number of benzene rings is 1. The summed E-state index contributed by atoms with van der Waals surface area (Å²) >= 11 is 0. The van der Waals surface area contributed by atoms with E-state index >= 15 is 0 Å². The molecule has 0 aliphatic carbocycles. The number of rotatable bonds is 28. The minimum atomic E-state index is -0.906. The van der Waals surface area contributed by atoms with Gasteiger partial charge in [-0.2, -0.15) is 0 Å². The van der Waals surface area contributed by atoms with Crippen molar-refractivity contribution in [1.82, 2.24) is 21.3 Å².